The number of hydrogen-bond acceptors (Lipinski definition) is 3. The summed E-state index contributed by atoms with van der Waals surface area (Å²) in [4.78, 5) is 25.3. The number of carbonyl (C=O) groups is 2. The van der Waals surface area contributed by atoms with E-state index in [-0.39, 0.29) is 11.8 Å². The normalized spacial score (nSPS) is 14.3. The van der Waals surface area contributed by atoms with Crippen LogP contribution in [0.1, 0.15) is 29.5 Å². The van der Waals surface area contributed by atoms with Crippen molar-refractivity contribution in [3.05, 3.63) is 59.2 Å². The van der Waals surface area contributed by atoms with E-state index in [1.54, 1.807) is 7.11 Å². The molecular weight excluding hydrogens is 340 g/mol. The molecule has 1 aliphatic carbocycles. The van der Waals surface area contributed by atoms with Crippen LogP contribution >= 0.6 is 0 Å². The smallest absolute Gasteiger partial charge is 0.240 e. The van der Waals surface area contributed by atoms with Crippen LogP contribution in [-0.2, 0) is 16.0 Å². The molecule has 0 unspecified atom stereocenters. The van der Waals surface area contributed by atoms with Gasteiger partial charge in [0.15, 0.2) is 0 Å². The highest BCUT2D eigenvalue weighted by Crippen LogP contribution is 2.46. The summed E-state index contributed by atoms with van der Waals surface area (Å²) in [6.45, 7) is 4.44. The number of hydrogen-bond donors (Lipinski definition) is 2. The zero-order valence-corrected chi connectivity index (χ0v) is 16.1. The Kier molecular flexibility index (Phi) is 5.49. The molecule has 0 atom stereocenters. The van der Waals surface area contributed by atoms with E-state index in [1.165, 1.54) is 0 Å². The maximum Gasteiger partial charge on any atom is 0.240 e. The van der Waals surface area contributed by atoms with Gasteiger partial charge in [0.05, 0.1) is 7.11 Å². The van der Waals surface area contributed by atoms with Crippen molar-refractivity contribution in [1.29, 1.82) is 0 Å². The molecule has 142 valence electrons. The standard InChI is InChI=1S/C22H26N2O3/c1-15-12-16(2)14-18(13-15)24-21(26)22(9-10-22)20(25)23-11-8-17-6-4-5-7-19(17)27-3/h4-7,12-14H,8-11H2,1-3H3,(H,23,25)(H,24,26). The van der Waals surface area contributed by atoms with Gasteiger partial charge in [0.25, 0.3) is 0 Å². The zero-order chi connectivity index (χ0) is 19.4. The van der Waals surface area contributed by atoms with Gasteiger partial charge in [-0.15, -0.1) is 0 Å². The first kappa shape index (κ1) is 19.0. The summed E-state index contributed by atoms with van der Waals surface area (Å²) in [7, 11) is 1.63. The summed E-state index contributed by atoms with van der Waals surface area (Å²) in [5.41, 5.74) is 3.00. The fourth-order valence-electron chi connectivity index (χ4n) is 3.37. The monoisotopic (exact) mass is 366 g/mol. The highest BCUT2D eigenvalue weighted by atomic mass is 16.5. The van der Waals surface area contributed by atoms with Gasteiger partial charge in [-0.3, -0.25) is 9.59 Å². The van der Waals surface area contributed by atoms with Crippen LogP contribution in [0.2, 0.25) is 0 Å². The number of para-hydroxylation sites is 1. The Balaban J connectivity index is 1.58. The van der Waals surface area contributed by atoms with Crippen LogP contribution < -0.4 is 15.4 Å². The van der Waals surface area contributed by atoms with E-state index in [0.29, 0.717) is 25.8 Å². The Morgan fingerprint density at radius 2 is 1.70 bits per heavy atom. The molecule has 3 rings (SSSR count). The predicted molar refractivity (Wildman–Crippen MR) is 106 cm³/mol. The SMILES string of the molecule is COc1ccccc1CCNC(=O)C1(C(=O)Nc2cc(C)cc(C)c2)CC1. The molecule has 2 N–H and O–H groups in total. The first-order valence-corrected chi connectivity index (χ1v) is 9.24. The minimum atomic E-state index is -0.932. The number of nitrogens with one attached hydrogen (secondary N) is 2. The molecule has 0 radical (unpaired) electrons. The second-order valence-corrected chi connectivity index (χ2v) is 7.23. The third-order valence-electron chi connectivity index (χ3n) is 4.97. The molecule has 0 heterocycles. The second-order valence-electron chi connectivity index (χ2n) is 7.23. The molecule has 5 heteroatoms. The Labute approximate surface area is 160 Å². The summed E-state index contributed by atoms with van der Waals surface area (Å²) in [5, 5.41) is 5.83. The van der Waals surface area contributed by atoms with Gasteiger partial charge in [-0.25, -0.2) is 0 Å². The van der Waals surface area contributed by atoms with E-state index in [9.17, 15) is 9.59 Å². The summed E-state index contributed by atoms with van der Waals surface area (Å²) < 4.78 is 5.33. The van der Waals surface area contributed by atoms with Gasteiger partial charge in [-0.1, -0.05) is 24.3 Å². The average Bonchev–Trinajstić information content (AvgIpc) is 3.43. The lowest BCUT2D eigenvalue weighted by molar-refractivity contribution is -0.134. The lowest BCUT2D eigenvalue weighted by Crippen LogP contribution is -2.40. The van der Waals surface area contributed by atoms with E-state index in [2.05, 4.69) is 10.6 Å². The quantitative estimate of drug-likeness (QED) is 0.738. The highest BCUT2D eigenvalue weighted by molar-refractivity contribution is 6.13. The molecule has 1 saturated carbocycles. The largest absolute Gasteiger partial charge is 0.496 e. The molecule has 2 aromatic rings. The molecule has 0 saturated heterocycles. The number of amides is 2. The number of methoxy groups -OCH3 is 1. The topological polar surface area (TPSA) is 67.4 Å². The second kappa shape index (κ2) is 7.82. The maximum atomic E-state index is 12.7. The van der Waals surface area contributed by atoms with Crippen molar-refractivity contribution in [2.45, 2.75) is 33.1 Å². The van der Waals surface area contributed by atoms with Crippen molar-refractivity contribution in [2.75, 3.05) is 19.0 Å². The van der Waals surface area contributed by atoms with E-state index >= 15 is 0 Å². The highest BCUT2D eigenvalue weighted by Gasteiger charge is 2.56. The molecule has 27 heavy (non-hydrogen) atoms. The van der Waals surface area contributed by atoms with Crippen molar-refractivity contribution in [3.8, 4) is 5.75 Å². The van der Waals surface area contributed by atoms with E-state index < -0.39 is 5.41 Å². The molecule has 1 aliphatic rings. The van der Waals surface area contributed by atoms with E-state index in [0.717, 1.165) is 28.1 Å². The van der Waals surface area contributed by atoms with Crippen LogP contribution in [-0.4, -0.2) is 25.5 Å². The van der Waals surface area contributed by atoms with Crippen LogP contribution in [0, 0.1) is 19.3 Å². The summed E-state index contributed by atoms with van der Waals surface area (Å²) in [6.07, 6.45) is 1.83. The van der Waals surface area contributed by atoms with Crippen molar-refractivity contribution in [3.63, 3.8) is 0 Å². The summed E-state index contributed by atoms with van der Waals surface area (Å²) in [5.74, 6) is 0.391. The van der Waals surface area contributed by atoms with Gasteiger partial charge < -0.3 is 15.4 Å². The van der Waals surface area contributed by atoms with Gasteiger partial charge >= 0.3 is 0 Å². The Morgan fingerprint density at radius 1 is 1.04 bits per heavy atom. The number of carbonyl (C=O) groups excluding carboxylic acids is 2. The van der Waals surface area contributed by atoms with Crippen LogP contribution in [0.15, 0.2) is 42.5 Å². The first-order valence-electron chi connectivity index (χ1n) is 9.24. The molecule has 2 amide bonds. The number of ether oxygens (including phenoxy) is 1. The van der Waals surface area contributed by atoms with Crippen molar-refractivity contribution < 1.29 is 14.3 Å². The fraction of sp³-hybridized carbons (Fsp3) is 0.364. The van der Waals surface area contributed by atoms with Gasteiger partial charge in [0.2, 0.25) is 11.8 Å². The zero-order valence-electron chi connectivity index (χ0n) is 16.1. The Hall–Kier alpha value is -2.82. The minimum absolute atomic E-state index is 0.195. The van der Waals surface area contributed by atoms with Gasteiger partial charge in [-0.05, 0) is 68.0 Å². The van der Waals surface area contributed by atoms with Gasteiger partial charge in [0.1, 0.15) is 11.2 Å². The van der Waals surface area contributed by atoms with E-state index in [1.807, 2.05) is 56.3 Å². The number of anilines is 1. The van der Waals surface area contributed by atoms with Crippen molar-refractivity contribution >= 4 is 17.5 Å². The van der Waals surface area contributed by atoms with Crippen LogP contribution in [0.5, 0.6) is 5.75 Å². The molecule has 1 fully saturated rings. The first-order chi connectivity index (χ1) is 12.9. The molecule has 0 aliphatic heterocycles. The third-order valence-corrected chi connectivity index (χ3v) is 4.97. The van der Waals surface area contributed by atoms with Gasteiger partial charge in [0, 0.05) is 12.2 Å². The molecular formula is C22H26N2O3. The molecule has 5 nitrogen and oxygen atoms in total. The molecule has 0 bridgehead atoms. The molecule has 0 spiro atoms. The predicted octanol–water partition coefficient (Wildman–Crippen LogP) is 3.39. The lowest BCUT2D eigenvalue weighted by Gasteiger charge is -2.16. The summed E-state index contributed by atoms with van der Waals surface area (Å²) >= 11 is 0. The summed E-state index contributed by atoms with van der Waals surface area (Å²) in [6, 6.07) is 13.6. The molecule has 2 aromatic carbocycles. The van der Waals surface area contributed by atoms with Crippen molar-refractivity contribution in [2.24, 2.45) is 5.41 Å². The van der Waals surface area contributed by atoms with Crippen LogP contribution in [0.25, 0.3) is 0 Å². The minimum Gasteiger partial charge on any atom is -0.496 e. The van der Waals surface area contributed by atoms with Crippen LogP contribution in [0.4, 0.5) is 5.69 Å². The number of benzene rings is 2. The average molecular weight is 366 g/mol. The fourth-order valence-corrected chi connectivity index (χ4v) is 3.37. The van der Waals surface area contributed by atoms with E-state index in [4.69, 9.17) is 4.74 Å². The Bertz CT molecular complexity index is 836. The number of aryl methyl sites for hydroxylation is 2. The maximum absolute atomic E-state index is 12.7. The molecule has 0 aromatic heterocycles. The van der Waals surface area contributed by atoms with Crippen molar-refractivity contribution in [1.82, 2.24) is 5.32 Å². The lowest BCUT2D eigenvalue weighted by atomic mass is 10.0. The number of rotatable bonds is 7. The van der Waals surface area contributed by atoms with Gasteiger partial charge in [-0.2, -0.15) is 0 Å². The van der Waals surface area contributed by atoms with Crippen LogP contribution in [0.3, 0.4) is 0 Å². The Morgan fingerprint density at radius 3 is 2.33 bits per heavy atom. The third kappa shape index (κ3) is 4.30.